The minimum Gasteiger partial charge on any atom is -0.508 e. The zero-order chi connectivity index (χ0) is 22.3. The lowest BCUT2D eigenvalue weighted by atomic mass is 9.96. The number of sulfonamides is 1. The molecule has 32 heavy (non-hydrogen) atoms. The second-order valence-electron chi connectivity index (χ2n) is 7.65. The third-order valence-electron chi connectivity index (χ3n) is 5.10. The molecule has 4 aromatic rings. The number of nitrogens with one attached hydrogen (secondary N) is 2. The maximum Gasteiger partial charge on any atom is 0.229 e. The van der Waals surface area contributed by atoms with E-state index in [9.17, 15) is 13.5 Å². The van der Waals surface area contributed by atoms with Crippen molar-refractivity contribution in [3.8, 4) is 27.4 Å². The molecule has 0 spiro atoms. The summed E-state index contributed by atoms with van der Waals surface area (Å²) in [6.45, 7) is 0. The first-order valence-corrected chi connectivity index (χ1v) is 12.7. The topological polar surface area (TPSA) is 104 Å². The third-order valence-corrected chi connectivity index (χ3v) is 6.95. The fourth-order valence-corrected chi connectivity index (χ4v) is 5.46. The molecule has 0 aliphatic heterocycles. The van der Waals surface area contributed by atoms with Crippen LogP contribution in [0.25, 0.3) is 21.7 Å². The number of rotatable bonds is 5. The lowest BCUT2D eigenvalue weighted by Crippen LogP contribution is -2.10. The summed E-state index contributed by atoms with van der Waals surface area (Å²) in [4.78, 5) is 11.6. The zero-order valence-corrected chi connectivity index (χ0v) is 18.8. The molecule has 3 N–H and O–H groups in total. The van der Waals surface area contributed by atoms with Crippen molar-refractivity contribution in [2.45, 2.75) is 12.8 Å². The van der Waals surface area contributed by atoms with Crippen LogP contribution in [0.3, 0.4) is 0 Å². The van der Waals surface area contributed by atoms with Crippen LogP contribution in [0.5, 0.6) is 5.75 Å². The molecule has 0 amide bonds. The molecule has 7 nitrogen and oxygen atoms in total. The molecule has 0 saturated carbocycles. The quantitative estimate of drug-likeness (QED) is 0.392. The standard InChI is InChI=1S/C23H20N4O3S2/c1-32(29,30)27-17-6-3-5-16(11-17)25-23-24-13-15-8-9-20-19(22(15)26-23)12-21(31-20)14-4-2-7-18(28)10-14/h2-7,10-13,27-28H,8-9H2,1H3,(H,24,25,26). The molecule has 0 unspecified atom stereocenters. The average molecular weight is 465 g/mol. The Labute approximate surface area is 189 Å². The van der Waals surface area contributed by atoms with E-state index in [-0.39, 0.29) is 5.75 Å². The van der Waals surface area contributed by atoms with Crippen LogP contribution in [0.15, 0.2) is 60.8 Å². The molecule has 0 atom stereocenters. The summed E-state index contributed by atoms with van der Waals surface area (Å²) in [5.41, 5.74) is 5.21. The van der Waals surface area contributed by atoms with Crippen molar-refractivity contribution in [3.63, 3.8) is 0 Å². The molecule has 0 radical (unpaired) electrons. The van der Waals surface area contributed by atoms with Gasteiger partial charge in [-0.25, -0.2) is 18.4 Å². The molecular weight excluding hydrogens is 444 g/mol. The van der Waals surface area contributed by atoms with Gasteiger partial charge in [-0.3, -0.25) is 4.72 Å². The van der Waals surface area contributed by atoms with Gasteiger partial charge >= 0.3 is 0 Å². The van der Waals surface area contributed by atoms with Crippen LogP contribution >= 0.6 is 11.3 Å². The smallest absolute Gasteiger partial charge is 0.229 e. The Hall–Kier alpha value is -3.43. The third kappa shape index (κ3) is 4.30. The van der Waals surface area contributed by atoms with E-state index >= 15 is 0 Å². The van der Waals surface area contributed by atoms with E-state index in [2.05, 4.69) is 21.1 Å². The summed E-state index contributed by atoms with van der Waals surface area (Å²) in [6, 6.07) is 16.3. The summed E-state index contributed by atoms with van der Waals surface area (Å²) in [7, 11) is -3.36. The minimum absolute atomic E-state index is 0.246. The van der Waals surface area contributed by atoms with E-state index in [0.717, 1.165) is 46.4 Å². The maximum atomic E-state index is 11.5. The molecule has 0 bridgehead atoms. The number of nitrogens with zero attached hydrogens (tertiary/aromatic N) is 2. The van der Waals surface area contributed by atoms with Crippen molar-refractivity contribution in [1.82, 2.24) is 9.97 Å². The molecule has 5 rings (SSSR count). The summed E-state index contributed by atoms with van der Waals surface area (Å²) in [5, 5.41) is 13.0. The van der Waals surface area contributed by atoms with Crippen LogP contribution in [0.2, 0.25) is 0 Å². The van der Waals surface area contributed by atoms with Crippen LogP contribution in [-0.4, -0.2) is 29.7 Å². The maximum absolute atomic E-state index is 11.5. The molecular formula is C23H20N4O3S2. The molecule has 0 fully saturated rings. The van der Waals surface area contributed by atoms with Gasteiger partial charge < -0.3 is 10.4 Å². The monoisotopic (exact) mass is 464 g/mol. The van der Waals surface area contributed by atoms with E-state index < -0.39 is 10.0 Å². The average Bonchev–Trinajstić information content (AvgIpc) is 3.18. The Morgan fingerprint density at radius 2 is 1.84 bits per heavy atom. The van der Waals surface area contributed by atoms with E-state index in [1.807, 2.05) is 24.4 Å². The Kier molecular flexibility index (Phi) is 5.07. The highest BCUT2D eigenvalue weighted by molar-refractivity contribution is 7.92. The van der Waals surface area contributed by atoms with Gasteiger partial charge in [0.25, 0.3) is 0 Å². The molecule has 162 valence electrons. The highest BCUT2D eigenvalue weighted by Crippen LogP contribution is 2.42. The SMILES string of the molecule is CS(=O)(=O)Nc1cccc(Nc2ncc3c(n2)-c2cc(-c4cccc(O)c4)sc2CC3)c1. The second-order valence-corrected chi connectivity index (χ2v) is 10.5. The van der Waals surface area contributed by atoms with Gasteiger partial charge in [0.05, 0.1) is 17.6 Å². The highest BCUT2D eigenvalue weighted by atomic mass is 32.2. The summed E-state index contributed by atoms with van der Waals surface area (Å²) >= 11 is 1.72. The number of aryl methyl sites for hydroxylation is 2. The Balaban J connectivity index is 1.46. The number of fused-ring (bicyclic) bond motifs is 3. The van der Waals surface area contributed by atoms with Crippen molar-refractivity contribution in [3.05, 3.63) is 71.2 Å². The van der Waals surface area contributed by atoms with Crippen LogP contribution in [0.1, 0.15) is 10.4 Å². The molecule has 2 aromatic heterocycles. The predicted molar refractivity (Wildman–Crippen MR) is 128 cm³/mol. The fourth-order valence-electron chi connectivity index (χ4n) is 3.75. The first-order chi connectivity index (χ1) is 15.3. The second kappa shape index (κ2) is 7.92. The molecule has 1 aliphatic carbocycles. The molecule has 0 saturated heterocycles. The predicted octanol–water partition coefficient (Wildman–Crippen LogP) is 4.79. The largest absolute Gasteiger partial charge is 0.508 e. The van der Waals surface area contributed by atoms with E-state index in [1.165, 1.54) is 4.88 Å². The van der Waals surface area contributed by atoms with E-state index in [0.29, 0.717) is 17.3 Å². The van der Waals surface area contributed by atoms with Crippen molar-refractivity contribution < 1.29 is 13.5 Å². The first-order valence-electron chi connectivity index (χ1n) is 9.97. The number of hydrogen-bond acceptors (Lipinski definition) is 7. The number of phenols is 1. The van der Waals surface area contributed by atoms with Gasteiger partial charge in [0.15, 0.2) is 0 Å². The number of thiophene rings is 1. The lowest BCUT2D eigenvalue weighted by Gasteiger charge is -2.16. The number of anilines is 3. The number of hydrogen-bond donors (Lipinski definition) is 3. The van der Waals surface area contributed by atoms with Crippen LogP contribution in [-0.2, 0) is 22.9 Å². The van der Waals surface area contributed by atoms with Crippen LogP contribution in [0, 0.1) is 0 Å². The Morgan fingerprint density at radius 3 is 2.66 bits per heavy atom. The zero-order valence-electron chi connectivity index (χ0n) is 17.2. The summed E-state index contributed by atoms with van der Waals surface area (Å²) in [5.74, 6) is 0.689. The summed E-state index contributed by atoms with van der Waals surface area (Å²) in [6.07, 6.45) is 4.76. The highest BCUT2D eigenvalue weighted by Gasteiger charge is 2.22. The number of phenolic OH excluding ortho intramolecular Hbond substituents is 1. The van der Waals surface area contributed by atoms with Crippen LogP contribution in [0.4, 0.5) is 17.3 Å². The van der Waals surface area contributed by atoms with Gasteiger partial charge in [-0.2, -0.15) is 0 Å². The molecule has 2 aromatic carbocycles. The molecule has 2 heterocycles. The van der Waals surface area contributed by atoms with Gasteiger partial charge in [-0.1, -0.05) is 18.2 Å². The fraction of sp³-hybridized carbons (Fsp3) is 0.130. The molecule has 1 aliphatic rings. The molecule has 9 heteroatoms. The van der Waals surface area contributed by atoms with Crippen molar-refractivity contribution in [2.75, 3.05) is 16.3 Å². The number of aromatic nitrogens is 2. The van der Waals surface area contributed by atoms with Crippen molar-refractivity contribution in [2.24, 2.45) is 0 Å². The van der Waals surface area contributed by atoms with E-state index in [1.54, 1.807) is 41.7 Å². The normalized spacial score (nSPS) is 12.7. The van der Waals surface area contributed by atoms with Gasteiger partial charge in [0, 0.05) is 27.2 Å². The Morgan fingerprint density at radius 1 is 1.03 bits per heavy atom. The summed E-state index contributed by atoms with van der Waals surface area (Å²) < 4.78 is 25.5. The van der Waals surface area contributed by atoms with Gasteiger partial charge in [-0.15, -0.1) is 11.3 Å². The van der Waals surface area contributed by atoms with Crippen molar-refractivity contribution >= 4 is 38.7 Å². The Bertz CT molecular complexity index is 1430. The van der Waals surface area contributed by atoms with Gasteiger partial charge in [-0.05, 0) is 60.4 Å². The number of aromatic hydroxyl groups is 1. The lowest BCUT2D eigenvalue weighted by molar-refractivity contribution is 0.475. The van der Waals surface area contributed by atoms with Crippen molar-refractivity contribution in [1.29, 1.82) is 0 Å². The van der Waals surface area contributed by atoms with Gasteiger partial charge in [0.1, 0.15) is 5.75 Å². The number of benzene rings is 2. The van der Waals surface area contributed by atoms with Gasteiger partial charge in [0.2, 0.25) is 16.0 Å². The van der Waals surface area contributed by atoms with Crippen LogP contribution < -0.4 is 10.0 Å². The van der Waals surface area contributed by atoms with E-state index in [4.69, 9.17) is 4.98 Å². The minimum atomic E-state index is -3.36. The first kappa shape index (κ1) is 20.5.